The normalized spacial score (nSPS) is 19.3. The van der Waals surface area contributed by atoms with E-state index in [1.807, 2.05) is 41.5 Å². The Bertz CT molecular complexity index is 947. The molecule has 5 nitrogen and oxygen atoms in total. The first kappa shape index (κ1) is 19.2. The molecular formula is C21H22ClN3O2S. The zero-order valence-electron chi connectivity index (χ0n) is 15.7. The molecule has 2 aliphatic rings. The average Bonchev–Trinajstić information content (AvgIpc) is 3.35. The monoisotopic (exact) mass is 415 g/mol. The van der Waals surface area contributed by atoms with E-state index in [0.717, 1.165) is 46.1 Å². The first-order valence-corrected chi connectivity index (χ1v) is 10.6. The lowest BCUT2D eigenvalue weighted by atomic mass is 9.96. The van der Waals surface area contributed by atoms with E-state index in [0.29, 0.717) is 24.5 Å². The van der Waals surface area contributed by atoms with Gasteiger partial charge in [-0.25, -0.2) is 0 Å². The van der Waals surface area contributed by atoms with Gasteiger partial charge in [-0.05, 0) is 42.8 Å². The third-order valence-corrected chi connectivity index (χ3v) is 6.22. The highest BCUT2D eigenvalue weighted by molar-refractivity contribution is 7.14. The number of carbonyl (C=O) groups excluding carboxylic acids is 1. The molecule has 1 amide bonds. The van der Waals surface area contributed by atoms with Crippen molar-refractivity contribution < 1.29 is 9.53 Å². The summed E-state index contributed by atoms with van der Waals surface area (Å²) in [7, 11) is 0. The number of halogens is 1. The first-order chi connectivity index (χ1) is 13.6. The number of hydrogen-bond donors (Lipinski definition) is 1. The van der Waals surface area contributed by atoms with Gasteiger partial charge in [0.1, 0.15) is 10.8 Å². The van der Waals surface area contributed by atoms with Crippen molar-refractivity contribution in [1.29, 1.82) is 0 Å². The summed E-state index contributed by atoms with van der Waals surface area (Å²) in [5, 5.41) is 6.75. The lowest BCUT2D eigenvalue weighted by Crippen LogP contribution is -2.50. The maximum Gasteiger partial charge on any atom is 0.264 e. The number of fused-ring (bicyclic) bond motifs is 1. The van der Waals surface area contributed by atoms with Gasteiger partial charge in [0, 0.05) is 54.3 Å². The van der Waals surface area contributed by atoms with Crippen molar-refractivity contribution in [3.05, 3.63) is 51.4 Å². The smallest absolute Gasteiger partial charge is 0.264 e. The van der Waals surface area contributed by atoms with Gasteiger partial charge in [-0.15, -0.1) is 11.3 Å². The van der Waals surface area contributed by atoms with Crippen molar-refractivity contribution in [3.8, 4) is 5.75 Å². The van der Waals surface area contributed by atoms with E-state index in [1.54, 1.807) is 0 Å². The molecule has 146 valence electrons. The topological polar surface area (TPSA) is 53.9 Å². The molecule has 2 aromatic rings. The largest absolute Gasteiger partial charge is 0.479 e. The van der Waals surface area contributed by atoms with Gasteiger partial charge < -0.3 is 15.0 Å². The van der Waals surface area contributed by atoms with Crippen LogP contribution in [-0.4, -0.2) is 49.8 Å². The minimum absolute atomic E-state index is 0.0470. The van der Waals surface area contributed by atoms with Crippen LogP contribution in [0.1, 0.15) is 23.6 Å². The van der Waals surface area contributed by atoms with Crippen molar-refractivity contribution in [2.75, 3.05) is 26.2 Å². The number of allylic oxidation sites excluding steroid dienone is 1. The molecule has 1 aromatic heterocycles. The Kier molecular flexibility index (Phi) is 5.53. The third-order valence-electron chi connectivity index (χ3n) is 5.16. The fraction of sp³-hybridized carbons (Fsp3) is 0.333. The van der Waals surface area contributed by atoms with Crippen molar-refractivity contribution in [2.45, 2.75) is 19.4 Å². The summed E-state index contributed by atoms with van der Waals surface area (Å²) in [5.41, 5.74) is 3.84. The number of benzene rings is 1. The van der Waals surface area contributed by atoms with Gasteiger partial charge in [-0.1, -0.05) is 17.7 Å². The Morgan fingerprint density at radius 1 is 1.39 bits per heavy atom. The van der Waals surface area contributed by atoms with E-state index >= 15 is 0 Å². The minimum Gasteiger partial charge on any atom is -0.479 e. The van der Waals surface area contributed by atoms with Crippen molar-refractivity contribution in [2.24, 2.45) is 4.99 Å². The fourth-order valence-corrected chi connectivity index (χ4v) is 4.79. The number of amides is 1. The minimum atomic E-state index is -0.497. The Labute approximate surface area is 173 Å². The lowest BCUT2D eigenvalue weighted by molar-refractivity contribution is -0.138. The quantitative estimate of drug-likeness (QED) is 0.770. The lowest BCUT2D eigenvalue weighted by Gasteiger charge is -2.29. The summed E-state index contributed by atoms with van der Waals surface area (Å²) in [6.07, 6.45) is 2.07. The van der Waals surface area contributed by atoms with Gasteiger partial charge in [0.25, 0.3) is 5.91 Å². The number of hydrogen-bond acceptors (Lipinski definition) is 5. The van der Waals surface area contributed by atoms with Gasteiger partial charge in [0.2, 0.25) is 0 Å². The Morgan fingerprint density at radius 2 is 2.18 bits per heavy atom. The van der Waals surface area contributed by atoms with Gasteiger partial charge in [0.15, 0.2) is 6.10 Å². The third kappa shape index (κ3) is 3.48. The molecule has 0 bridgehead atoms. The molecule has 1 atom stereocenters. The number of ether oxygens (including phenoxy) is 1. The Balaban J connectivity index is 1.68. The molecule has 1 unspecified atom stereocenters. The predicted molar refractivity (Wildman–Crippen MR) is 115 cm³/mol. The molecule has 1 saturated heterocycles. The van der Waals surface area contributed by atoms with E-state index in [4.69, 9.17) is 16.3 Å². The SMILES string of the molecule is C=Nc1sccc1/C(=C\C)c1cc(Cl)cc2c1OC(C(=O)N1CCNCC1)C2. The Morgan fingerprint density at radius 3 is 2.89 bits per heavy atom. The maximum atomic E-state index is 12.9. The molecular weight excluding hydrogens is 394 g/mol. The summed E-state index contributed by atoms with van der Waals surface area (Å²) < 4.78 is 6.21. The maximum absolute atomic E-state index is 12.9. The second kappa shape index (κ2) is 8.07. The number of carbonyl (C=O) groups is 1. The number of piperazine rings is 1. The van der Waals surface area contributed by atoms with Gasteiger partial charge in [-0.2, -0.15) is 0 Å². The highest BCUT2D eigenvalue weighted by Crippen LogP contribution is 2.44. The van der Waals surface area contributed by atoms with Crippen LogP contribution in [0.5, 0.6) is 5.75 Å². The molecule has 1 N–H and O–H groups in total. The predicted octanol–water partition coefficient (Wildman–Crippen LogP) is 3.92. The van der Waals surface area contributed by atoms with Crippen molar-refractivity contribution in [3.63, 3.8) is 0 Å². The summed E-state index contributed by atoms with van der Waals surface area (Å²) in [6, 6.07) is 5.83. The molecule has 1 fully saturated rings. The van der Waals surface area contributed by atoms with Crippen LogP contribution >= 0.6 is 22.9 Å². The number of aliphatic imine (C=N–C) groups is 1. The summed E-state index contributed by atoms with van der Waals surface area (Å²) in [5.74, 6) is 0.790. The van der Waals surface area contributed by atoms with Gasteiger partial charge >= 0.3 is 0 Å². The van der Waals surface area contributed by atoms with Crippen molar-refractivity contribution >= 4 is 46.1 Å². The van der Waals surface area contributed by atoms with Crippen LogP contribution in [0.15, 0.2) is 34.6 Å². The highest BCUT2D eigenvalue weighted by atomic mass is 35.5. The van der Waals surface area contributed by atoms with Crippen LogP contribution in [-0.2, 0) is 11.2 Å². The molecule has 0 spiro atoms. The molecule has 7 heteroatoms. The van der Waals surface area contributed by atoms with Crippen LogP contribution in [0.4, 0.5) is 5.00 Å². The van der Waals surface area contributed by atoms with Crippen LogP contribution in [0.2, 0.25) is 5.02 Å². The van der Waals surface area contributed by atoms with E-state index in [1.165, 1.54) is 11.3 Å². The molecule has 28 heavy (non-hydrogen) atoms. The first-order valence-electron chi connectivity index (χ1n) is 9.32. The molecule has 0 saturated carbocycles. The van der Waals surface area contributed by atoms with E-state index in [-0.39, 0.29) is 5.91 Å². The van der Waals surface area contributed by atoms with Crippen LogP contribution < -0.4 is 10.1 Å². The summed E-state index contributed by atoms with van der Waals surface area (Å²) >= 11 is 7.96. The highest BCUT2D eigenvalue weighted by Gasteiger charge is 2.35. The number of rotatable bonds is 4. The fourth-order valence-electron chi connectivity index (χ4n) is 3.84. The van der Waals surface area contributed by atoms with Gasteiger partial charge in [-0.3, -0.25) is 9.79 Å². The standard InChI is InChI=1S/C21H22ClN3O2S/c1-3-15(16-4-9-28-20(16)23-2)17-12-14(22)10-13-11-18(27-19(13)17)21(26)25-7-5-24-6-8-25/h3-4,9-10,12,18,24H,2,5-8,11H2,1H3/b15-3+. The zero-order valence-corrected chi connectivity index (χ0v) is 17.3. The van der Waals surface area contributed by atoms with Gasteiger partial charge in [0.05, 0.1) is 0 Å². The zero-order chi connectivity index (χ0) is 19.7. The second-order valence-corrected chi connectivity index (χ2v) is 8.16. The second-order valence-electron chi connectivity index (χ2n) is 6.83. The number of nitrogens with one attached hydrogen (secondary N) is 1. The van der Waals surface area contributed by atoms with E-state index in [2.05, 4.69) is 17.0 Å². The number of nitrogens with zero attached hydrogens (tertiary/aromatic N) is 2. The van der Waals surface area contributed by atoms with Crippen LogP contribution in [0, 0.1) is 0 Å². The molecule has 0 radical (unpaired) electrons. The van der Waals surface area contributed by atoms with E-state index < -0.39 is 6.10 Å². The summed E-state index contributed by atoms with van der Waals surface area (Å²) in [4.78, 5) is 18.9. The Hall–Kier alpha value is -2.15. The average molecular weight is 416 g/mol. The molecule has 0 aliphatic carbocycles. The molecule has 4 rings (SSSR count). The molecule has 1 aromatic carbocycles. The van der Waals surface area contributed by atoms with Crippen LogP contribution in [0.25, 0.3) is 5.57 Å². The number of thiophene rings is 1. The van der Waals surface area contributed by atoms with E-state index in [9.17, 15) is 4.79 Å². The van der Waals surface area contributed by atoms with Crippen molar-refractivity contribution in [1.82, 2.24) is 10.2 Å². The molecule has 2 aliphatic heterocycles. The summed E-state index contributed by atoms with van der Waals surface area (Å²) in [6.45, 7) is 8.72. The van der Waals surface area contributed by atoms with Crippen LogP contribution in [0.3, 0.4) is 0 Å². The molecule has 3 heterocycles.